The van der Waals surface area contributed by atoms with E-state index >= 15 is 0 Å². The van der Waals surface area contributed by atoms with Gasteiger partial charge in [0.2, 0.25) is 0 Å². The Bertz CT molecular complexity index is 336. The molecule has 0 bridgehead atoms. The molecule has 0 fully saturated rings. The fourth-order valence-electron chi connectivity index (χ4n) is 1.05. The Labute approximate surface area is 87.1 Å². The van der Waals surface area contributed by atoms with Gasteiger partial charge < -0.3 is 9.84 Å². The molecule has 0 amide bonds. The number of hydrogen-bond acceptors (Lipinski definition) is 3. The maximum absolute atomic E-state index is 10.3. The average molecular weight is 212 g/mol. The fraction of sp³-hybridized carbons (Fsp3) is 0.300. The number of benzene rings is 1. The minimum absolute atomic E-state index is 0.292. The number of thioether (sulfide) groups is 1. The Morgan fingerprint density at radius 1 is 1.57 bits per heavy atom. The van der Waals surface area contributed by atoms with Crippen LogP contribution in [-0.4, -0.2) is 23.9 Å². The first-order valence-electron chi connectivity index (χ1n) is 4.12. The zero-order valence-corrected chi connectivity index (χ0v) is 8.93. The molecule has 1 rings (SSSR count). The minimum atomic E-state index is -0.960. The van der Waals surface area contributed by atoms with Crippen molar-refractivity contribution in [2.45, 2.75) is 11.8 Å². The van der Waals surface area contributed by atoms with Gasteiger partial charge in [0.05, 0.1) is 0 Å². The van der Waals surface area contributed by atoms with Crippen molar-refractivity contribution in [3.8, 4) is 5.75 Å². The molecular weight excluding hydrogens is 200 g/mol. The first-order chi connectivity index (χ1) is 6.63. The Kier molecular flexibility index (Phi) is 3.83. The number of carbonyl (C=O) groups is 1. The van der Waals surface area contributed by atoms with Crippen LogP contribution in [-0.2, 0) is 4.79 Å². The van der Waals surface area contributed by atoms with Gasteiger partial charge in [-0.3, -0.25) is 0 Å². The van der Waals surface area contributed by atoms with E-state index in [4.69, 9.17) is 9.84 Å². The molecule has 0 heterocycles. The Morgan fingerprint density at radius 2 is 2.29 bits per heavy atom. The third kappa shape index (κ3) is 2.96. The third-order valence-electron chi connectivity index (χ3n) is 1.73. The van der Waals surface area contributed by atoms with Crippen LogP contribution in [0.3, 0.4) is 0 Å². The lowest BCUT2D eigenvalue weighted by molar-refractivity contribution is -0.139. The second-order valence-electron chi connectivity index (χ2n) is 2.81. The van der Waals surface area contributed by atoms with Gasteiger partial charge in [-0.05, 0) is 36.9 Å². The zero-order valence-electron chi connectivity index (χ0n) is 8.11. The molecule has 14 heavy (non-hydrogen) atoms. The van der Waals surface area contributed by atoms with Gasteiger partial charge in [-0.25, -0.2) is 4.79 Å². The van der Waals surface area contributed by atoms with Crippen LogP contribution in [0.1, 0.15) is 5.56 Å². The van der Waals surface area contributed by atoms with Crippen molar-refractivity contribution in [2.24, 2.45) is 0 Å². The van der Waals surface area contributed by atoms with E-state index in [1.807, 2.05) is 25.3 Å². The van der Waals surface area contributed by atoms with Crippen molar-refractivity contribution in [3.63, 3.8) is 0 Å². The van der Waals surface area contributed by atoms with E-state index in [2.05, 4.69) is 0 Å². The molecule has 0 aromatic heterocycles. The van der Waals surface area contributed by atoms with Crippen LogP contribution in [0.2, 0.25) is 0 Å². The van der Waals surface area contributed by atoms with Gasteiger partial charge in [0.25, 0.3) is 0 Å². The van der Waals surface area contributed by atoms with Gasteiger partial charge in [-0.15, -0.1) is 11.8 Å². The van der Waals surface area contributed by atoms with E-state index in [1.54, 1.807) is 17.8 Å². The third-order valence-corrected chi connectivity index (χ3v) is 2.46. The summed E-state index contributed by atoms with van der Waals surface area (Å²) in [7, 11) is 0. The van der Waals surface area contributed by atoms with Crippen LogP contribution in [0.5, 0.6) is 5.75 Å². The van der Waals surface area contributed by atoms with Crippen LogP contribution < -0.4 is 4.74 Å². The average Bonchev–Trinajstić information content (AvgIpc) is 2.15. The molecular formula is C10H12O3S. The first kappa shape index (κ1) is 10.9. The highest BCUT2D eigenvalue weighted by atomic mass is 32.2. The highest BCUT2D eigenvalue weighted by Gasteiger charge is 2.03. The van der Waals surface area contributed by atoms with Crippen LogP contribution in [0.15, 0.2) is 23.1 Å². The summed E-state index contributed by atoms with van der Waals surface area (Å²) in [5, 5.41) is 8.44. The summed E-state index contributed by atoms with van der Waals surface area (Å²) in [6, 6.07) is 5.68. The summed E-state index contributed by atoms with van der Waals surface area (Å²) in [5.41, 5.74) is 0.957. The molecule has 3 nitrogen and oxygen atoms in total. The number of carboxylic acids is 1. The number of aryl methyl sites for hydroxylation is 1. The van der Waals surface area contributed by atoms with Crippen molar-refractivity contribution in [1.82, 2.24) is 0 Å². The molecule has 1 aromatic rings. The molecule has 0 radical (unpaired) electrons. The lowest BCUT2D eigenvalue weighted by Gasteiger charge is -2.07. The van der Waals surface area contributed by atoms with Crippen LogP contribution >= 0.6 is 11.8 Å². The second kappa shape index (κ2) is 4.91. The smallest absolute Gasteiger partial charge is 0.341 e. The van der Waals surface area contributed by atoms with Crippen molar-refractivity contribution < 1.29 is 14.6 Å². The predicted molar refractivity (Wildman–Crippen MR) is 56.1 cm³/mol. The highest BCUT2D eigenvalue weighted by Crippen LogP contribution is 2.23. The fourth-order valence-corrected chi connectivity index (χ4v) is 1.55. The van der Waals surface area contributed by atoms with Crippen molar-refractivity contribution >= 4 is 17.7 Å². The zero-order chi connectivity index (χ0) is 10.6. The predicted octanol–water partition coefficient (Wildman–Crippen LogP) is 2.18. The lowest BCUT2D eigenvalue weighted by atomic mass is 10.2. The van der Waals surface area contributed by atoms with Crippen LogP contribution in [0.25, 0.3) is 0 Å². The summed E-state index contributed by atoms with van der Waals surface area (Å²) in [4.78, 5) is 11.4. The number of carboxylic acid groups (broad SMARTS) is 1. The van der Waals surface area contributed by atoms with Gasteiger partial charge in [0.15, 0.2) is 6.61 Å². The van der Waals surface area contributed by atoms with Gasteiger partial charge in [0.1, 0.15) is 5.75 Å². The number of rotatable bonds is 4. The monoisotopic (exact) mass is 212 g/mol. The maximum Gasteiger partial charge on any atom is 0.341 e. The molecule has 0 saturated heterocycles. The molecule has 76 valence electrons. The molecule has 0 unspecified atom stereocenters. The summed E-state index contributed by atoms with van der Waals surface area (Å²) < 4.78 is 5.09. The van der Waals surface area contributed by atoms with Crippen molar-refractivity contribution in [3.05, 3.63) is 23.8 Å². The van der Waals surface area contributed by atoms with E-state index < -0.39 is 5.97 Å². The van der Waals surface area contributed by atoms with E-state index in [0.29, 0.717) is 5.75 Å². The van der Waals surface area contributed by atoms with E-state index in [9.17, 15) is 4.79 Å². The van der Waals surface area contributed by atoms with Crippen molar-refractivity contribution in [1.29, 1.82) is 0 Å². The van der Waals surface area contributed by atoms with Crippen molar-refractivity contribution in [2.75, 3.05) is 12.9 Å². The van der Waals surface area contributed by atoms with E-state index in [1.165, 1.54) is 0 Å². The quantitative estimate of drug-likeness (QED) is 0.777. The topological polar surface area (TPSA) is 46.5 Å². The molecule has 0 spiro atoms. The summed E-state index contributed by atoms with van der Waals surface area (Å²) >= 11 is 1.64. The minimum Gasteiger partial charge on any atom is -0.482 e. The molecule has 0 aliphatic carbocycles. The molecule has 0 aliphatic heterocycles. The van der Waals surface area contributed by atoms with Gasteiger partial charge in [-0.2, -0.15) is 0 Å². The summed E-state index contributed by atoms with van der Waals surface area (Å²) in [6.45, 7) is 1.61. The summed E-state index contributed by atoms with van der Waals surface area (Å²) in [5.74, 6) is -0.330. The van der Waals surface area contributed by atoms with E-state index in [-0.39, 0.29) is 6.61 Å². The van der Waals surface area contributed by atoms with Gasteiger partial charge in [0, 0.05) is 4.90 Å². The number of aliphatic carboxylic acids is 1. The standard InChI is InChI=1S/C10H12O3S/c1-7-5-8(14-2)3-4-9(7)13-6-10(11)12/h3-5H,6H2,1-2H3,(H,11,12). The normalized spacial score (nSPS) is 9.86. The van der Waals surface area contributed by atoms with Gasteiger partial charge in [-0.1, -0.05) is 0 Å². The van der Waals surface area contributed by atoms with E-state index in [0.717, 1.165) is 10.5 Å². The van der Waals surface area contributed by atoms with Crippen LogP contribution in [0, 0.1) is 6.92 Å². The SMILES string of the molecule is CSc1ccc(OCC(=O)O)c(C)c1. The lowest BCUT2D eigenvalue weighted by Crippen LogP contribution is -2.09. The molecule has 0 saturated carbocycles. The largest absolute Gasteiger partial charge is 0.482 e. The Morgan fingerprint density at radius 3 is 2.79 bits per heavy atom. The van der Waals surface area contributed by atoms with Gasteiger partial charge >= 0.3 is 5.97 Å². The van der Waals surface area contributed by atoms with Crippen LogP contribution in [0.4, 0.5) is 0 Å². The first-order valence-corrected chi connectivity index (χ1v) is 5.35. The second-order valence-corrected chi connectivity index (χ2v) is 3.69. The number of ether oxygens (including phenoxy) is 1. The molecule has 0 aliphatic rings. The highest BCUT2D eigenvalue weighted by molar-refractivity contribution is 7.98. The maximum atomic E-state index is 10.3. The number of hydrogen-bond donors (Lipinski definition) is 1. The molecule has 1 aromatic carbocycles. The Hall–Kier alpha value is -1.16. The molecule has 4 heteroatoms. The molecule has 1 N–H and O–H groups in total. The summed E-state index contributed by atoms with van der Waals surface area (Å²) in [6.07, 6.45) is 1.99. The molecule has 0 atom stereocenters. The Balaban J connectivity index is 2.73.